The minimum atomic E-state index is 0.0369. The molecule has 0 radical (unpaired) electrons. The molecule has 18 heavy (non-hydrogen) atoms. The van der Waals surface area contributed by atoms with Crippen molar-refractivity contribution in [2.75, 3.05) is 0 Å². The highest BCUT2D eigenvalue weighted by molar-refractivity contribution is 9.10. The van der Waals surface area contributed by atoms with E-state index >= 15 is 0 Å². The van der Waals surface area contributed by atoms with Gasteiger partial charge in [-0.05, 0) is 51.3 Å². The van der Waals surface area contributed by atoms with Crippen LogP contribution in [0.5, 0.6) is 11.5 Å². The number of hydrogen-bond donors (Lipinski definition) is 2. The van der Waals surface area contributed by atoms with E-state index in [0.29, 0.717) is 6.54 Å². The van der Waals surface area contributed by atoms with E-state index in [9.17, 15) is 0 Å². The molecular formula is C14H14BrNO2. The van der Waals surface area contributed by atoms with Gasteiger partial charge in [-0.15, -0.1) is 0 Å². The smallest absolute Gasteiger partial charge is 0.141 e. The number of nitrogens with two attached hydrogens (primary N) is 1. The van der Waals surface area contributed by atoms with Gasteiger partial charge < -0.3 is 15.6 Å². The van der Waals surface area contributed by atoms with Crippen LogP contribution in [0.25, 0.3) is 0 Å². The minimum Gasteiger partial charge on any atom is -0.456 e. The molecule has 94 valence electrons. The van der Waals surface area contributed by atoms with Gasteiger partial charge in [0.1, 0.15) is 11.5 Å². The molecule has 0 unspecified atom stereocenters. The lowest BCUT2D eigenvalue weighted by Crippen LogP contribution is -1.96. The van der Waals surface area contributed by atoms with Crippen molar-refractivity contribution in [1.82, 2.24) is 0 Å². The third kappa shape index (κ3) is 3.10. The Kier molecular flexibility index (Phi) is 4.36. The summed E-state index contributed by atoms with van der Waals surface area (Å²) in [5, 5.41) is 8.96. The van der Waals surface area contributed by atoms with Crippen LogP contribution in [0.15, 0.2) is 46.9 Å². The van der Waals surface area contributed by atoms with Crippen molar-refractivity contribution in [2.24, 2.45) is 5.73 Å². The van der Waals surface area contributed by atoms with Gasteiger partial charge in [0, 0.05) is 6.54 Å². The zero-order valence-electron chi connectivity index (χ0n) is 9.77. The summed E-state index contributed by atoms with van der Waals surface area (Å²) in [4.78, 5) is 0. The number of ether oxygens (including phenoxy) is 1. The zero-order valence-corrected chi connectivity index (χ0v) is 11.4. The first kappa shape index (κ1) is 13.1. The minimum absolute atomic E-state index is 0.0369. The van der Waals surface area contributed by atoms with Crippen LogP contribution in [-0.2, 0) is 13.2 Å². The van der Waals surface area contributed by atoms with E-state index in [1.165, 1.54) is 0 Å². The monoisotopic (exact) mass is 307 g/mol. The molecule has 0 fully saturated rings. The van der Waals surface area contributed by atoms with Crippen molar-refractivity contribution in [1.29, 1.82) is 0 Å². The van der Waals surface area contributed by atoms with Gasteiger partial charge in [-0.25, -0.2) is 0 Å². The fourth-order valence-electron chi connectivity index (χ4n) is 1.54. The molecule has 2 rings (SSSR count). The predicted molar refractivity (Wildman–Crippen MR) is 74.5 cm³/mol. The van der Waals surface area contributed by atoms with Crippen LogP contribution in [0, 0.1) is 0 Å². The second kappa shape index (κ2) is 6.00. The molecule has 2 aromatic carbocycles. The maximum absolute atomic E-state index is 8.96. The number of benzene rings is 2. The Balaban J connectivity index is 2.17. The summed E-state index contributed by atoms with van der Waals surface area (Å²) in [6.07, 6.45) is 0. The summed E-state index contributed by atoms with van der Waals surface area (Å²) in [7, 11) is 0. The Morgan fingerprint density at radius 1 is 1.06 bits per heavy atom. The highest BCUT2D eigenvalue weighted by Crippen LogP contribution is 2.30. The molecule has 4 heteroatoms. The molecule has 0 spiro atoms. The summed E-state index contributed by atoms with van der Waals surface area (Å²) in [6, 6.07) is 13.1. The molecule has 0 heterocycles. The first-order valence-corrected chi connectivity index (χ1v) is 6.38. The highest BCUT2D eigenvalue weighted by Gasteiger charge is 2.03. The second-order valence-corrected chi connectivity index (χ2v) is 4.73. The topological polar surface area (TPSA) is 55.5 Å². The van der Waals surface area contributed by atoms with E-state index in [4.69, 9.17) is 15.6 Å². The zero-order chi connectivity index (χ0) is 13.0. The lowest BCUT2D eigenvalue weighted by molar-refractivity contribution is 0.281. The number of aliphatic hydroxyl groups excluding tert-OH is 1. The summed E-state index contributed by atoms with van der Waals surface area (Å²) >= 11 is 3.45. The third-order valence-corrected chi connectivity index (χ3v) is 3.19. The van der Waals surface area contributed by atoms with Gasteiger partial charge in [0.15, 0.2) is 0 Å². The number of halogens is 1. The van der Waals surface area contributed by atoms with Crippen LogP contribution < -0.4 is 10.5 Å². The molecule has 0 aliphatic rings. The van der Waals surface area contributed by atoms with Crippen molar-refractivity contribution < 1.29 is 9.84 Å². The van der Waals surface area contributed by atoms with Crippen molar-refractivity contribution in [3.8, 4) is 11.5 Å². The fourth-order valence-corrected chi connectivity index (χ4v) is 2.05. The van der Waals surface area contributed by atoms with Crippen LogP contribution in [-0.4, -0.2) is 5.11 Å². The van der Waals surface area contributed by atoms with Gasteiger partial charge in [0.05, 0.1) is 11.1 Å². The number of aliphatic hydroxyl groups is 1. The molecule has 2 aromatic rings. The summed E-state index contributed by atoms with van der Waals surface area (Å²) in [5.41, 5.74) is 7.48. The van der Waals surface area contributed by atoms with Crippen molar-refractivity contribution in [3.05, 3.63) is 58.1 Å². The first-order chi connectivity index (χ1) is 8.72. The molecular weight excluding hydrogens is 294 g/mol. The van der Waals surface area contributed by atoms with Crippen molar-refractivity contribution in [3.63, 3.8) is 0 Å². The van der Waals surface area contributed by atoms with E-state index in [0.717, 1.165) is 27.1 Å². The average molecular weight is 308 g/mol. The molecule has 0 amide bonds. The standard InChI is InChI=1S/C14H14BrNO2/c15-13-7-11(8-16)3-6-14(13)18-12-4-1-10(9-17)2-5-12/h1-7,17H,8-9,16H2. The molecule has 0 aromatic heterocycles. The number of hydrogen-bond acceptors (Lipinski definition) is 3. The maximum Gasteiger partial charge on any atom is 0.141 e. The van der Waals surface area contributed by atoms with Gasteiger partial charge in [-0.3, -0.25) is 0 Å². The van der Waals surface area contributed by atoms with Crippen LogP contribution >= 0.6 is 15.9 Å². The van der Waals surface area contributed by atoms with Gasteiger partial charge >= 0.3 is 0 Å². The van der Waals surface area contributed by atoms with Crippen LogP contribution in [0.3, 0.4) is 0 Å². The van der Waals surface area contributed by atoms with Gasteiger partial charge in [0.25, 0.3) is 0 Å². The molecule has 0 aliphatic heterocycles. The van der Waals surface area contributed by atoms with Crippen LogP contribution in [0.2, 0.25) is 0 Å². The summed E-state index contributed by atoms with van der Waals surface area (Å²) in [6.45, 7) is 0.541. The van der Waals surface area contributed by atoms with E-state index in [2.05, 4.69) is 15.9 Å². The van der Waals surface area contributed by atoms with Crippen molar-refractivity contribution >= 4 is 15.9 Å². The van der Waals surface area contributed by atoms with Gasteiger partial charge in [0.2, 0.25) is 0 Å². The fraction of sp³-hybridized carbons (Fsp3) is 0.143. The summed E-state index contributed by atoms with van der Waals surface area (Å²) in [5.74, 6) is 1.47. The van der Waals surface area contributed by atoms with Crippen LogP contribution in [0.4, 0.5) is 0 Å². The largest absolute Gasteiger partial charge is 0.456 e. The SMILES string of the molecule is NCc1ccc(Oc2ccc(CO)cc2)c(Br)c1. The van der Waals surface area contributed by atoms with Crippen LogP contribution in [0.1, 0.15) is 11.1 Å². The Bertz CT molecular complexity index is 526. The maximum atomic E-state index is 8.96. The van der Waals surface area contributed by atoms with E-state index in [1.54, 1.807) is 0 Å². The Labute approximate surface area is 114 Å². The molecule has 0 atom stereocenters. The van der Waals surface area contributed by atoms with E-state index < -0.39 is 0 Å². The quantitative estimate of drug-likeness (QED) is 0.912. The average Bonchev–Trinajstić information content (AvgIpc) is 2.42. The van der Waals surface area contributed by atoms with Gasteiger partial charge in [-0.1, -0.05) is 18.2 Å². The van der Waals surface area contributed by atoms with E-state index in [-0.39, 0.29) is 6.61 Å². The molecule has 3 N–H and O–H groups in total. The van der Waals surface area contributed by atoms with Crippen molar-refractivity contribution in [2.45, 2.75) is 13.2 Å². The Morgan fingerprint density at radius 2 is 1.72 bits per heavy atom. The second-order valence-electron chi connectivity index (χ2n) is 3.87. The number of rotatable bonds is 4. The highest BCUT2D eigenvalue weighted by atomic mass is 79.9. The molecule has 0 saturated heterocycles. The van der Waals surface area contributed by atoms with E-state index in [1.807, 2.05) is 42.5 Å². The predicted octanol–water partition coefficient (Wildman–Crippen LogP) is 3.19. The van der Waals surface area contributed by atoms with Gasteiger partial charge in [-0.2, -0.15) is 0 Å². The molecule has 0 aliphatic carbocycles. The molecule has 0 saturated carbocycles. The lowest BCUT2D eigenvalue weighted by Gasteiger charge is -2.09. The molecule has 3 nitrogen and oxygen atoms in total. The first-order valence-electron chi connectivity index (χ1n) is 5.59. The molecule has 0 bridgehead atoms. The Morgan fingerprint density at radius 3 is 2.28 bits per heavy atom. The summed E-state index contributed by atoms with van der Waals surface area (Å²) < 4.78 is 6.61. The normalized spacial score (nSPS) is 10.4. The lowest BCUT2D eigenvalue weighted by atomic mass is 10.2. The third-order valence-electron chi connectivity index (χ3n) is 2.57. The Hall–Kier alpha value is -1.36.